The van der Waals surface area contributed by atoms with Gasteiger partial charge in [0.05, 0.1) is 0 Å². The van der Waals surface area contributed by atoms with E-state index in [2.05, 4.69) is 19.2 Å². The van der Waals surface area contributed by atoms with Gasteiger partial charge in [-0.3, -0.25) is 9.59 Å². The van der Waals surface area contributed by atoms with Crippen LogP contribution in [0.2, 0.25) is 0 Å². The molecule has 1 N–H and O–H groups in total. The fraction of sp³-hybridized carbons (Fsp3) is 0.355. The average molecular weight is 487 g/mol. The molecule has 0 aromatic heterocycles. The number of amides is 2. The quantitative estimate of drug-likeness (QED) is 0.395. The summed E-state index contributed by atoms with van der Waals surface area (Å²) in [6.07, 6.45) is 0.422. The molecule has 3 aromatic carbocycles. The third-order valence-corrected chi connectivity index (χ3v) is 6.34. The molecule has 0 fully saturated rings. The zero-order valence-electron chi connectivity index (χ0n) is 22.1. The van der Waals surface area contributed by atoms with Crippen LogP contribution in [-0.4, -0.2) is 35.9 Å². The summed E-state index contributed by atoms with van der Waals surface area (Å²) < 4.78 is 5.97. The maximum atomic E-state index is 13.7. The lowest BCUT2D eigenvalue weighted by molar-refractivity contribution is -0.142. The summed E-state index contributed by atoms with van der Waals surface area (Å²) in [6.45, 7) is 10.9. The van der Waals surface area contributed by atoms with E-state index in [-0.39, 0.29) is 18.4 Å². The van der Waals surface area contributed by atoms with E-state index >= 15 is 0 Å². The van der Waals surface area contributed by atoms with Crippen molar-refractivity contribution >= 4 is 11.8 Å². The topological polar surface area (TPSA) is 58.6 Å². The van der Waals surface area contributed by atoms with E-state index in [1.165, 1.54) is 0 Å². The molecule has 0 radical (unpaired) electrons. The molecule has 0 bridgehead atoms. The predicted octanol–water partition coefficient (Wildman–Crippen LogP) is 5.40. The van der Waals surface area contributed by atoms with Crippen LogP contribution in [0.15, 0.2) is 72.8 Å². The number of nitrogens with zero attached hydrogens (tertiary/aromatic N) is 1. The minimum absolute atomic E-state index is 0.140. The predicted molar refractivity (Wildman–Crippen MR) is 145 cm³/mol. The summed E-state index contributed by atoms with van der Waals surface area (Å²) >= 11 is 0. The van der Waals surface area contributed by atoms with Crippen molar-refractivity contribution in [1.82, 2.24) is 10.2 Å². The maximum Gasteiger partial charge on any atom is 0.261 e. The molecule has 0 aliphatic heterocycles. The second-order valence-electron chi connectivity index (χ2n) is 9.84. The molecule has 1 atom stereocenters. The Hall–Kier alpha value is -3.60. The van der Waals surface area contributed by atoms with Crippen molar-refractivity contribution in [2.75, 3.05) is 13.2 Å². The minimum atomic E-state index is -0.665. The molecule has 3 aromatic rings. The second-order valence-corrected chi connectivity index (χ2v) is 9.84. The Morgan fingerprint density at radius 3 is 2.22 bits per heavy atom. The molecule has 0 unspecified atom stereocenters. The molecule has 0 aliphatic carbocycles. The van der Waals surface area contributed by atoms with Crippen molar-refractivity contribution in [3.8, 4) is 5.75 Å². The SMILES string of the molecule is Cc1ccc(CN(C(=O)COc2cccc(C)c2C)[C@@H](Cc2ccccc2)C(=O)NCC(C)C)cc1. The van der Waals surface area contributed by atoms with Gasteiger partial charge in [-0.05, 0) is 55.0 Å². The van der Waals surface area contributed by atoms with Crippen LogP contribution in [0.25, 0.3) is 0 Å². The molecule has 190 valence electrons. The van der Waals surface area contributed by atoms with Gasteiger partial charge in [-0.1, -0.05) is 86.1 Å². The highest BCUT2D eigenvalue weighted by Crippen LogP contribution is 2.21. The summed E-state index contributed by atoms with van der Waals surface area (Å²) in [5.41, 5.74) is 5.22. The molecular weight excluding hydrogens is 448 g/mol. The first kappa shape index (κ1) is 27.0. The van der Waals surface area contributed by atoms with Crippen LogP contribution >= 0.6 is 0 Å². The fourth-order valence-electron chi connectivity index (χ4n) is 3.97. The normalized spacial score (nSPS) is 11.7. The van der Waals surface area contributed by atoms with Crippen LogP contribution in [0.5, 0.6) is 5.75 Å². The second kappa shape index (κ2) is 12.9. The molecule has 5 heteroatoms. The van der Waals surface area contributed by atoms with E-state index in [1.54, 1.807) is 4.90 Å². The zero-order valence-corrected chi connectivity index (χ0v) is 22.1. The van der Waals surface area contributed by atoms with Gasteiger partial charge in [0.15, 0.2) is 6.61 Å². The minimum Gasteiger partial charge on any atom is -0.483 e. The number of carbonyl (C=O) groups is 2. The molecular formula is C31H38N2O3. The monoisotopic (exact) mass is 486 g/mol. The van der Waals surface area contributed by atoms with Crippen molar-refractivity contribution in [2.45, 2.75) is 53.6 Å². The molecule has 5 nitrogen and oxygen atoms in total. The smallest absolute Gasteiger partial charge is 0.261 e. The highest BCUT2D eigenvalue weighted by Gasteiger charge is 2.30. The largest absolute Gasteiger partial charge is 0.483 e. The van der Waals surface area contributed by atoms with Crippen LogP contribution in [-0.2, 0) is 22.6 Å². The number of nitrogens with one attached hydrogen (secondary N) is 1. The van der Waals surface area contributed by atoms with Crippen LogP contribution < -0.4 is 10.1 Å². The summed E-state index contributed by atoms with van der Waals surface area (Å²) in [6, 6.07) is 23.0. The first-order chi connectivity index (χ1) is 17.2. The number of hydrogen-bond donors (Lipinski definition) is 1. The van der Waals surface area contributed by atoms with Gasteiger partial charge >= 0.3 is 0 Å². The number of aryl methyl sites for hydroxylation is 2. The zero-order chi connectivity index (χ0) is 26.1. The molecule has 0 saturated heterocycles. The van der Waals surface area contributed by atoms with Gasteiger partial charge in [0.2, 0.25) is 5.91 Å². The van der Waals surface area contributed by atoms with Gasteiger partial charge < -0.3 is 15.0 Å². The van der Waals surface area contributed by atoms with E-state index in [9.17, 15) is 9.59 Å². The molecule has 2 amide bonds. The van der Waals surface area contributed by atoms with Gasteiger partial charge in [-0.2, -0.15) is 0 Å². The summed E-state index contributed by atoms with van der Waals surface area (Å²) in [7, 11) is 0. The van der Waals surface area contributed by atoms with Gasteiger partial charge in [0.25, 0.3) is 5.91 Å². The highest BCUT2D eigenvalue weighted by molar-refractivity contribution is 5.88. The Kier molecular flexibility index (Phi) is 9.69. The Labute approximate surface area is 215 Å². The summed E-state index contributed by atoms with van der Waals surface area (Å²) in [5.74, 6) is 0.611. The Balaban J connectivity index is 1.91. The number of carbonyl (C=O) groups excluding carboxylic acids is 2. The molecule has 3 rings (SSSR count). The van der Waals surface area contributed by atoms with Crippen molar-refractivity contribution in [2.24, 2.45) is 5.92 Å². The Morgan fingerprint density at radius 2 is 1.56 bits per heavy atom. The summed E-state index contributed by atoms with van der Waals surface area (Å²) in [5, 5.41) is 3.05. The Bertz CT molecular complexity index is 1140. The van der Waals surface area contributed by atoms with E-state index in [0.717, 1.165) is 27.8 Å². The maximum absolute atomic E-state index is 13.7. The lowest BCUT2D eigenvalue weighted by Crippen LogP contribution is -2.52. The molecule has 0 heterocycles. The standard InChI is InChI=1S/C31H38N2O3/c1-22(2)19-32-31(35)28(18-26-11-7-6-8-12-26)33(20-27-16-14-23(3)15-17-27)30(34)21-36-29-13-9-10-24(4)25(29)5/h6-17,22,28H,18-21H2,1-5H3,(H,32,35)/t28-/m0/s1. The average Bonchev–Trinajstić information content (AvgIpc) is 2.87. The van der Waals surface area contributed by atoms with E-state index in [0.29, 0.717) is 31.2 Å². The van der Waals surface area contributed by atoms with Gasteiger partial charge in [-0.15, -0.1) is 0 Å². The first-order valence-corrected chi connectivity index (χ1v) is 12.6. The number of ether oxygens (including phenoxy) is 1. The molecule has 0 aliphatic rings. The fourth-order valence-corrected chi connectivity index (χ4v) is 3.97. The van der Waals surface area contributed by atoms with Gasteiger partial charge in [0.1, 0.15) is 11.8 Å². The first-order valence-electron chi connectivity index (χ1n) is 12.6. The van der Waals surface area contributed by atoms with Crippen LogP contribution in [0.4, 0.5) is 0 Å². The molecule has 0 spiro atoms. The lowest BCUT2D eigenvalue weighted by Gasteiger charge is -2.32. The van der Waals surface area contributed by atoms with E-state index < -0.39 is 6.04 Å². The molecule has 0 saturated carbocycles. The van der Waals surface area contributed by atoms with Crippen molar-refractivity contribution in [3.05, 3.63) is 101 Å². The number of benzene rings is 3. The third-order valence-electron chi connectivity index (χ3n) is 6.34. The van der Waals surface area contributed by atoms with E-state index in [4.69, 9.17) is 4.74 Å². The van der Waals surface area contributed by atoms with Gasteiger partial charge in [-0.25, -0.2) is 0 Å². The molecule has 36 heavy (non-hydrogen) atoms. The van der Waals surface area contributed by atoms with Gasteiger partial charge in [0, 0.05) is 19.5 Å². The number of rotatable bonds is 11. The van der Waals surface area contributed by atoms with Crippen molar-refractivity contribution < 1.29 is 14.3 Å². The van der Waals surface area contributed by atoms with Crippen molar-refractivity contribution in [1.29, 1.82) is 0 Å². The Morgan fingerprint density at radius 1 is 0.861 bits per heavy atom. The lowest BCUT2D eigenvalue weighted by atomic mass is 10.0. The summed E-state index contributed by atoms with van der Waals surface area (Å²) in [4.78, 5) is 28.8. The highest BCUT2D eigenvalue weighted by atomic mass is 16.5. The van der Waals surface area contributed by atoms with Crippen LogP contribution in [0, 0.1) is 26.7 Å². The van der Waals surface area contributed by atoms with E-state index in [1.807, 2.05) is 93.6 Å². The van der Waals surface area contributed by atoms with Crippen LogP contribution in [0.3, 0.4) is 0 Å². The number of hydrogen-bond acceptors (Lipinski definition) is 3. The van der Waals surface area contributed by atoms with Crippen molar-refractivity contribution in [3.63, 3.8) is 0 Å². The third kappa shape index (κ3) is 7.70. The van der Waals surface area contributed by atoms with Crippen LogP contribution in [0.1, 0.15) is 41.7 Å².